The average molecular weight is 322 g/mol. The van der Waals surface area contributed by atoms with E-state index in [1.54, 1.807) is 4.90 Å². The molecule has 6 nitrogen and oxygen atoms in total. The molecule has 0 aromatic carbocycles. The molecule has 1 aliphatic carbocycles. The van der Waals surface area contributed by atoms with Crippen LogP contribution in [0.1, 0.15) is 51.4 Å². The van der Waals surface area contributed by atoms with Gasteiger partial charge >= 0.3 is 12.0 Å². The number of rotatable bonds is 2. The summed E-state index contributed by atoms with van der Waals surface area (Å²) in [6.45, 7) is 2.78. The minimum Gasteiger partial charge on any atom is -0.454 e. The van der Waals surface area contributed by atoms with E-state index in [9.17, 15) is 14.4 Å². The average Bonchev–Trinajstić information content (AvgIpc) is 3.11. The van der Waals surface area contributed by atoms with E-state index in [0.717, 1.165) is 51.6 Å². The van der Waals surface area contributed by atoms with Crippen molar-refractivity contribution in [3.8, 4) is 0 Å². The number of hydrogen-bond acceptors (Lipinski definition) is 4. The molecule has 0 aromatic heterocycles. The van der Waals surface area contributed by atoms with E-state index in [1.807, 2.05) is 4.90 Å². The Morgan fingerprint density at radius 3 is 2.39 bits per heavy atom. The fourth-order valence-corrected chi connectivity index (χ4v) is 3.76. The number of esters is 1. The van der Waals surface area contributed by atoms with E-state index in [-0.39, 0.29) is 23.7 Å². The SMILES string of the molecule is O=C(O[C@H]1CCCCC1=O)[C@H]1CCCN(C(=O)N2CCCC2)C1. The Morgan fingerprint density at radius 2 is 1.65 bits per heavy atom. The van der Waals surface area contributed by atoms with Crippen molar-refractivity contribution in [2.24, 2.45) is 5.92 Å². The van der Waals surface area contributed by atoms with Crippen LogP contribution in [-0.4, -0.2) is 59.9 Å². The highest BCUT2D eigenvalue weighted by atomic mass is 16.5. The number of carbonyl (C=O) groups is 3. The molecule has 1 saturated carbocycles. The molecule has 6 heteroatoms. The van der Waals surface area contributed by atoms with Crippen LogP contribution in [0, 0.1) is 5.92 Å². The zero-order chi connectivity index (χ0) is 16.2. The zero-order valence-electron chi connectivity index (χ0n) is 13.7. The lowest BCUT2D eigenvalue weighted by atomic mass is 9.95. The van der Waals surface area contributed by atoms with Crippen molar-refractivity contribution >= 4 is 17.8 Å². The maximum Gasteiger partial charge on any atom is 0.320 e. The van der Waals surface area contributed by atoms with Crippen molar-refractivity contribution in [3.05, 3.63) is 0 Å². The van der Waals surface area contributed by atoms with Crippen molar-refractivity contribution in [3.63, 3.8) is 0 Å². The van der Waals surface area contributed by atoms with Crippen molar-refractivity contribution in [1.29, 1.82) is 0 Å². The second-order valence-corrected chi connectivity index (χ2v) is 6.90. The lowest BCUT2D eigenvalue weighted by molar-refractivity contribution is -0.162. The summed E-state index contributed by atoms with van der Waals surface area (Å²) >= 11 is 0. The first kappa shape index (κ1) is 16.3. The van der Waals surface area contributed by atoms with Crippen LogP contribution < -0.4 is 0 Å². The molecule has 2 aliphatic heterocycles. The number of ether oxygens (including phenoxy) is 1. The van der Waals surface area contributed by atoms with Gasteiger partial charge in [0.15, 0.2) is 11.9 Å². The fourth-order valence-electron chi connectivity index (χ4n) is 3.76. The van der Waals surface area contributed by atoms with Gasteiger partial charge in [-0.15, -0.1) is 0 Å². The fraction of sp³-hybridized carbons (Fsp3) is 0.824. The van der Waals surface area contributed by atoms with Crippen molar-refractivity contribution in [2.45, 2.75) is 57.5 Å². The number of amides is 2. The predicted octanol–water partition coefficient (Wildman–Crippen LogP) is 1.97. The maximum absolute atomic E-state index is 12.5. The highest BCUT2D eigenvalue weighted by Crippen LogP contribution is 2.23. The van der Waals surface area contributed by atoms with E-state index < -0.39 is 6.10 Å². The van der Waals surface area contributed by atoms with Crippen LogP contribution in [0.5, 0.6) is 0 Å². The number of urea groups is 1. The number of piperidine rings is 1. The van der Waals surface area contributed by atoms with E-state index in [4.69, 9.17) is 4.74 Å². The van der Waals surface area contributed by atoms with Crippen LogP contribution in [0.25, 0.3) is 0 Å². The molecule has 0 bridgehead atoms. The van der Waals surface area contributed by atoms with Gasteiger partial charge in [-0.1, -0.05) is 0 Å². The Kier molecular flexibility index (Phi) is 5.18. The molecule has 23 heavy (non-hydrogen) atoms. The summed E-state index contributed by atoms with van der Waals surface area (Å²) in [5.41, 5.74) is 0. The molecule has 3 fully saturated rings. The standard InChI is InChI=1S/C17H26N2O4/c20-14-7-1-2-8-15(14)23-16(21)13-6-5-11-19(12-13)17(22)18-9-3-4-10-18/h13,15H,1-12H2/t13-,15-/m0/s1. The largest absolute Gasteiger partial charge is 0.454 e. The lowest BCUT2D eigenvalue weighted by Crippen LogP contribution is -2.48. The third-order valence-electron chi connectivity index (χ3n) is 5.16. The number of Topliss-reactive ketones (excluding diaryl/α,β-unsaturated/α-hetero) is 1. The van der Waals surface area contributed by atoms with Crippen molar-refractivity contribution in [2.75, 3.05) is 26.2 Å². The smallest absolute Gasteiger partial charge is 0.320 e. The highest BCUT2D eigenvalue weighted by Gasteiger charge is 2.34. The van der Waals surface area contributed by atoms with Crippen LogP contribution >= 0.6 is 0 Å². The summed E-state index contributed by atoms with van der Waals surface area (Å²) in [5.74, 6) is -0.542. The summed E-state index contributed by atoms with van der Waals surface area (Å²) in [6, 6.07) is 0.0498. The summed E-state index contributed by atoms with van der Waals surface area (Å²) in [4.78, 5) is 40.3. The van der Waals surface area contributed by atoms with Crippen molar-refractivity contribution < 1.29 is 19.1 Å². The molecule has 3 rings (SSSR count). The number of ketones is 1. The Morgan fingerprint density at radius 1 is 0.913 bits per heavy atom. The van der Waals surface area contributed by atoms with E-state index in [1.165, 1.54) is 0 Å². The number of carbonyl (C=O) groups excluding carboxylic acids is 3. The first-order valence-electron chi connectivity index (χ1n) is 8.92. The van der Waals surface area contributed by atoms with Crippen LogP contribution in [0.2, 0.25) is 0 Å². The second kappa shape index (κ2) is 7.32. The number of hydrogen-bond donors (Lipinski definition) is 0. The topological polar surface area (TPSA) is 66.9 Å². The maximum atomic E-state index is 12.5. The molecule has 0 unspecified atom stereocenters. The van der Waals surface area contributed by atoms with Gasteiger partial charge in [0, 0.05) is 32.6 Å². The van der Waals surface area contributed by atoms with Crippen molar-refractivity contribution in [1.82, 2.24) is 9.80 Å². The van der Waals surface area contributed by atoms with Gasteiger partial charge in [0.25, 0.3) is 0 Å². The number of likely N-dealkylation sites (tertiary alicyclic amines) is 2. The lowest BCUT2D eigenvalue weighted by Gasteiger charge is -2.34. The van der Waals surface area contributed by atoms with Crippen LogP contribution in [-0.2, 0) is 14.3 Å². The molecule has 128 valence electrons. The Labute approximate surface area is 137 Å². The summed E-state index contributed by atoms with van der Waals surface area (Å²) in [5, 5.41) is 0. The molecule has 2 amide bonds. The van der Waals surface area contributed by atoms with Crippen LogP contribution in [0.4, 0.5) is 4.79 Å². The molecule has 0 aromatic rings. The molecule has 0 N–H and O–H groups in total. The molecular formula is C17H26N2O4. The van der Waals surface area contributed by atoms with Gasteiger partial charge in [-0.3, -0.25) is 9.59 Å². The third-order valence-corrected chi connectivity index (χ3v) is 5.16. The van der Waals surface area contributed by atoms with Crippen LogP contribution in [0.15, 0.2) is 0 Å². The normalized spacial score (nSPS) is 28.8. The summed E-state index contributed by atoms with van der Waals surface area (Å²) in [7, 11) is 0. The molecule has 0 radical (unpaired) electrons. The molecule has 2 atom stereocenters. The van der Waals surface area contributed by atoms with E-state index in [2.05, 4.69) is 0 Å². The predicted molar refractivity (Wildman–Crippen MR) is 83.9 cm³/mol. The summed E-state index contributed by atoms with van der Waals surface area (Å²) in [6.07, 6.45) is 6.13. The van der Waals surface area contributed by atoms with Gasteiger partial charge in [-0.05, 0) is 44.9 Å². The van der Waals surface area contributed by atoms with Gasteiger partial charge in [0.1, 0.15) is 0 Å². The van der Waals surface area contributed by atoms with Gasteiger partial charge in [0.2, 0.25) is 0 Å². The van der Waals surface area contributed by atoms with E-state index in [0.29, 0.717) is 25.9 Å². The minimum atomic E-state index is -0.555. The monoisotopic (exact) mass is 322 g/mol. The highest BCUT2D eigenvalue weighted by molar-refractivity contribution is 5.86. The first-order valence-corrected chi connectivity index (χ1v) is 8.92. The minimum absolute atomic E-state index is 0.0467. The zero-order valence-corrected chi connectivity index (χ0v) is 13.7. The van der Waals surface area contributed by atoms with Gasteiger partial charge in [0.05, 0.1) is 5.92 Å². The molecule has 2 saturated heterocycles. The number of nitrogens with zero attached hydrogens (tertiary/aromatic N) is 2. The molecule has 2 heterocycles. The van der Waals surface area contributed by atoms with Gasteiger partial charge in [-0.2, -0.15) is 0 Å². The molecular weight excluding hydrogens is 296 g/mol. The second-order valence-electron chi connectivity index (χ2n) is 6.90. The van der Waals surface area contributed by atoms with Gasteiger partial charge < -0.3 is 14.5 Å². The Hall–Kier alpha value is -1.59. The van der Waals surface area contributed by atoms with Gasteiger partial charge in [-0.25, -0.2) is 4.79 Å². The summed E-state index contributed by atoms with van der Waals surface area (Å²) < 4.78 is 5.46. The third kappa shape index (κ3) is 3.85. The Balaban J connectivity index is 1.53. The molecule has 3 aliphatic rings. The molecule has 0 spiro atoms. The quantitative estimate of drug-likeness (QED) is 0.729. The van der Waals surface area contributed by atoms with E-state index >= 15 is 0 Å². The first-order chi connectivity index (χ1) is 11.1. The Bertz CT molecular complexity index is 473. The van der Waals surface area contributed by atoms with Crippen LogP contribution in [0.3, 0.4) is 0 Å².